The lowest BCUT2D eigenvalue weighted by Crippen LogP contribution is -2.28. The molecule has 6 heteroatoms. The molecular formula is C20H20N2O4. The van der Waals surface area contributed by atoms with Crippen molar-refractivity contribution in [1.82, 2.24) is 10.5 Å². The van der Waals surface area contributed by atoms with Crippen LogP contribution in [0.5, 0.6) is 11.5 Å². The van der Waals surface area contributed by atoms with Crippen LogP contribution < -0.4 is 14.8 Å². The molecule has 1 amide bonds. The van der Waals surface area contributed by atoms with Gasteiger partial charge in [0.15, 0.2) is 11.5 Å². The summed E-state index contributed by atoms with van der Waals surface area (Å²) in [6.07, 6.45) is 0. The quantitative estimate of drug-likeness (QED) is 0.659. The Bertz CT molecular complexity index is 875. The van der Waals surface area contributed by atoms with Crippen LogP contribution >= 0.6 is 0 Å². The summed E-state index contributed by atoms with van der Waals surface area (Å²) in [5.41, 5.74) is 1.81. The van der Waals surface area contributed by atoms with Gasteiger partial charge in [0.25, 0.3) is 5.91 Å². The van der Waals surface area contributed by atoms with Crippen molar-refractivity contribution in [3.8, 4) is 22.8 Å². The molecule has 1 heterocycles. The number of nitrogens with zero attached hydrogens (tertiary/aromatic N) is 1. The second-order valence-corrected chi connectivity index (χ2v) is 5.58. The number of aryl methyl sites for hydroxylation is 1. The Kier molecular flexibility index (Phi) is 5.53. The number of nitrogens with one attached hydrogen (secondary N) is 1. The van der Waals surface area contributed by atoms with Crippen molar-refractivity contribution in [2.24, 2.45) is 0 Å². The van der Waals surface area contributed by atoms with Gasteiger partial charge < -0.3 is 19.3 Å². The summed E-state index contributed by atoms with van der Waals surface area (Å²) < 4.78 is 16.1. The maximum Gasteiger partial charge on any atom is 0.257 e. The van der Waals surface area contributed by atoms with Gasteiger partial charge in [0.1, 0.15) is 23.6 Å². The predicted octanol–water partition coefficient (Wildman–Crippen LogP) is 3.47. The largest absolute Gasteiger partial charge is 0.493 e. The molecule has 134 valence electrons. The highest BCUT2D eigenvalue weighted by molar-refractivity contribution is 6.00. The summed E-state index contributed by atoms with van der Waals surface area (Å²) in [5, 5.41) is 6.86. The minimum atomic E-state index is -0.244. The van der Waals surface area contributed by atoms with Gasteiger partial charge in [-0.25, -0.2) is 0 Å². The van der Waals surface area contributed by atoms with Crippen LogP contribution in [-0.2, 0) is 0 Å². The van der Waals surface area contributed by atoms with E-state index in [1.165, 1.54) is 0 Å². The van der Waals surface area contributed by atoms with Crippen molar-refractivity contribution >= 4 is 5.91 Å². The molecule has 0 bridgehead atoms. The number of methoxy groups -OCH3 is 1. The molecule has 0 aliphatic carbocycles. The highest BCUT2D eigenvalue weighted by Crippen LogP contribution is 2.26. The van der Waals surface area contributed by atoms with Crippen LogP contribution in [0.3, 0.4) is 0 Å². The molecule has 6 nitrogen and oxygen atoms in total. The second kappa shape index (κ2) is 8.20. The Morgan fingerprint density at radius 1 is 1.08 bits per heavy atom. The first kappa shape index (κ1) is 17.5. The fourth-order valence-corrected chi connectivity index (χ4v) is 2.58. The van der Waals surface area contributed by atoms with Crippen LogP contribution in [-0.4, -0.2) is 31.3 Å². The summed E-state index contributed by atoms with van der Waals surface area (Å²) in [6, 6.07) is 16.8. The lowest BCUT2D eigenvalue weighted by Gasteiger charge is -2.11. The summed E-state index contributed by atoms with van der Waals surface area (Å²) >= 11 is 0. The Labute approximate surface area is 151 Å². The highest BCUT2D eigenvalue weighted by atomic mass is 16.5. The number of carbonyl (C=O) groups excluding carboxylic acids is 1. The molecule has 0 saturated heterocycles. The van der Waals surface area contributed by atoms with Gasteiger partial charge in [-0.15, -0.1) is 0 Å². The lowest BCUT2D eigenvalue weighted by atomic mass is 10.1. The van der Waals surface area contributed by atoms with Gasteiger partial charge in [0.05, 0.1) is 13.7 Å². The maximum atomic E-state index is 12.6. The van der Waals surface area contributed by atoms with Crippen molar-refractivity contribution in [2.45, 2.75) is 6.92 Å². The van der Waals surface area contributed by atoms with Crippen LogP contribution in [0.15, 0.2) is 59.1 Å². The SMILES string of the molecule is COc1ccccc1OCCNC(=O)c1c(-c2ccccc2)noc1C. The average molecular weight is 352 g/mol. The number of rotatable bonds is 7. The topological polar surface area (TPSA) is 73.6 Å². The summed E-state index contributed by atoms with van der Waals surface area (Å²) in [6.45, 7) is 2.38. The third-order valence-corrected chi connectivity index (χ3v) is 3.85. The molecule has 1 N–H and O–H groups in total. The number of para-hydroxylation sites is 2. The molecule has 1 aromatic heterocycles. The minimum absolute atomic E-state index is 0.244. The van der Waals surface area contributed by atoms with Gasteiger partial charge in [0, 0.05) is 5.56 Å². The molecular weight excluding hydrogens is 332 g/mol. The third kappa shape index (κ3) is 3.85. The Hall–Kier alpha value is -3.28. The fourth-order valence-electron chi connectivity index (χ4n) is 2.58. The molecule has 0 radical (unpaired) electrons. The molecule has 0 spiro atoms. The van der Waals surface area contributed by atoms with E-state index in [0.717, 1.165) is 5.56 Å². The predicted molar refractivity (Wildman–Crippen MR) is 97.5 cm³/mol. The Morgan fingerprint density at radius 2 is 1.77 bits per heavy atom. The second-order valence-electron chi connectivity index (χ2n) is 5.58. The molecule has 0 aliphatic heterocycles. The first-order valence-electron chi connectivity index (χ1n) is 8.26. The van der Waals surface area contributed by atoms with Gasteiger partial charge in [0.2, 0.25) is 0 Å². The van der Waals surface area contributed by atoms with Crippen LogP contribution in [0.2, 0.25) is 0 Å². The number of aromatic nitrogens is 1. The van der Waals surface area contributed by atoms with E-state index in [-0.39, 0.29) is 5.91 Å². The van der Waals surface area contributed by atoms with Gasteiger partial charge in [-0.2, -0.15) is 0 Å². The normalized spacial score (nSPS) is 10.4. The molecule has 3 rings (SSSR count). The number of benzene rings is 2. The zero-order valence-electron chi connectivity index (χ0n) is 14.7. The number of amides is 1. The van der Waals surface area contributed by atoms with E-state index in [0.29, 0.717) is 41.7 Å². The standard InChI is InChI=1S/C20H20N2O4/c1-14-18(19(22-26-14)15-8-4-3-5-9-15)20(23)21-12-13-25-17-11-7-6-10-16(17)24-2/h3-11H,12-13H2,1-2H3,(H,21,23). The molecule has 0 saturated carbocycles. The number of hydrogen-bond donors (Lipinski definition) is 1. The van der Waals surface area contributed by atoms with E-state index < -0.39 is 0 Å². The summed E-state index contributed by atoms with van der Waals surface area (Å²) in [7, 11) is 1.59. The van der Waals surface area contributed by atoms with Crippen LogP contribution in [0.4, 0.5) is 0 Å². The van der Waals surface area contributed by atoms with Crippen LogP contribution in [0.25, 0.3) is 11.3 Å². The van der Waals surface area contributed by atoms with E-state index in [4.69, 9.17) is 14.0 Å². The fraction of sp³-hybridized carbons (Fsp3) is 0.200. The molecule has 3 aromatic rings. The highest BCUT2D eigenvalue weighted by Gasteiger charge is 2.21. The van der Waals surface area contributed by atoms with Crippen LogP contribution in [0.1, 0.15) is 16.1 Å². The molecule has 0 atom stereocenters. The van der Waals surface area contributed by atoms with E-state index in [1.54, 1.807) is 14.0 Å². The van der Waals surface area contributed by atoms with Gasteiger partial charge >= 0.3 is 0 Å². The van der Waals surface area contributed by atoms with E-state index >= 15 is 0 Å². The average Bonchev–Trinajstić information content (AvgIpc) is 3.07. The monoisotopic (exact) mass is 352 g/mol. The van der Waals surface area contributed by atoms with Crippen LogP contribution in [0, 0.1) is 6.92 Å². The number of ether oxygens (including phenoxy) is 2. The van der Waals surface area contributed by atoms with E-state index in [2.05, 4.69) is 10.5 Å². The maximum absolute atomic E-state index is 12.6. The van der Waals surface area contributed by atoms with Crippen molar-refractivity contribution in [3.63, 3.8) is 0 Å². The zero-order valence-corrected chi connectivity index (χ0v) is 14.7. The van der Waals surface area contributed by atoms with E-state index in [9.17, 15) is 4.79 Å². The third-order valence-electron chi connectivity index (χ3n) is 3.85. The molecule has 0 aliphatic rings. The van der Waals surface area contributed by atoms with Gasteiger partial charge in [-0.1, -0.05) is 47.6 Å². The molecule has 0 unspecified atom stereocenters. The van der Waals surface area contributed by atoms with Gasteiger partial charge in [-0.3, -0.25) is 4.79 Å². The number of carbonyl (C=O) groups is 1. The summed E-state index contributed by atoms with van der Waals surface area (Å²) in [4.78, 5) is 12.6. The van der Waals surface area contributed by atoms with Gasteiger partial charge in [-0.05, 0) is 19.1 Å². The molecule has 2 aromatic carbocycles. The minimum Gasteiger partial charge on any atom is -0.493 e. The van der Waals surface area contributed by atoms with Crippen molar-refractivity contribution in [2.75, 3.05) is 20.3 Å². The lowest BCUT2D eigenvalue weighted by molar-refractivity contribution is 0.0946. The Morgan fingerprint density at radius 3 is 2.50 bits per heavy atom. The first-order chi connectivity index (χ1) is 12.7. The van der Waals surface area contributed by atoms with Crippen molar-refractivity contribution in [1.29, 1.82) is 0 Å². The van der Waals surface area contributed by atoms with E-state index in [1.807, 2.05) is 54.6 Å². The number of hydrogen-bond acceptors (Lipinski definition) is 5. The van der Waals surface area contributed by atoms with Crippen molar-refractivity contribution in [3.05, 3.63) is 65.9 Å². The van der Waals surface area contributed by atoms with Crippen molar-refractivity contribution < 1.29 is 18.8 Å². The summed E-state index contributed by atoms with van der Waals surface area (Å²) in [5.74, 6) is 1.52. The Balaban J connectivity index is 1.62. The smallest absolute Gasteiger partial charge is 0.257 e. The molecule has 26 heavy (non-hydrogen) atoms. The molecule has 0 fully saturated rings. The zero-order chi connectivity index (χ0) is 18.4. The first-order valence-corrected chi connectivity index (χ1v) is 8.26.